The van der Waals surface area contributed by atoms with Crippen LogP contribution >= 0.6 is 7.82 Å². The number of aromatic nitrogens is 1. The summed E-state index contributed by atoms with van der Waals surface area (Å²) in [4.78, 5) is 43.5. The highest BCUT2D eigenvalue weighted by molar-refractivity contribution is 7.46. The minimum absolute atomic E-state index is 0.0762. The van der Waals surface area contributed by atoms with Crippen LogP contribution in [0.5, 0.6) is 0 Å². The van der Waals surface area contributed by atoms with Crippen molar-refractivity contribution in [3.05, 3.63) is 30.1 Å². The molecule has 2 atom stereocenters. The molecule has 1 amide bonds. The molecule has 10 heteroatoms. The van der Waals surface area contributed by atoms with Crippen molar-refractivity contribution < 1.29 is 37.8 Å². The molecular formula is C17H26N2O7P+. The number of carbonyl (C=O) groups excluding carboxylic acids is 2. The Balaban J connectivity index is 2.22. The van der Waals surface area contributed by atoms with Gasteiger partial charge in [-0.3, -0.25) is 14.2 Å². The summed E-state index contributed by atoms with van der Waals surface area (Å²) < 4.78 is 22.9. The molecule has 1 fully saturated rings. The van der Waals surface area contributed by atoms with Crippen LogP contribution in [-0.4, -0.2) is 51.4 Å². The second-order valence-corrected chi connectivity index (χ2v) is 8.80. The first kappa shape index (κ1) is 21.5. The smallest absolute Gasteiger partial charge is 0.444 e. The molecule has 2 heterocycles. The summed E-state index contributed by atoms with van der Waals surface area (Å²) >= 11 is 0. The van der Waals surface area contributed by atoms with E-state index in [9.17, 15) is 14.2 Å². The Morgan fingerprint density at radius 1 is 1.37 bits per heavy atom. The highest BCUT2D eigenvalue weighted by Gasteiger charge is 2.42. The molecule has 1 saturated heterocycles. The largest absolute Gasteiger partial charge is 0.469 e. The monoisotopic (exact) mass is 401 g/mol. The van der Waals surface area contributed by atoms with E-state index in [0.29, 0.717) is 12.0 Å². The van der Waals surface area contributed by atoms with Crippen LogP contribution in [0.15, 0.2) is 24.5 Å². The third-order valence-electron chi connectivity index (χ3n) is 4.11. The molecule has 0 saturated carbocycles. The van der Waals surface area contributed by atoms with Crippen LogP contribution in [0.2, 0.25) is 0 Å². The molecule has 0 bridgehead atoms. The molecule has 0 aliphatic carbocycles. The molecular weight excluding hydrogens is 375 g/mol. The van der Waals surface area contributed by atoms with Crippen molar-refractivity contribution in [1.82, 2.24) is 4.90 Å². The van der Waals surface area contributed by atoms with E-state index in [1.807, 2.05) is 4.57 Å². The normalized spacial score (nSPS) is 20.6. The van der Waals surface area contributed by atoms with Crippen molar-refractivity contribution in [3.8, 4) is 0 Å². The lowest BCUT2D eigenvalue weighted by molar-refractivity contribution is -0.719. The predicted molar refractivity (Wildman–Crippen MR) is 95.0 cm³/mol. The molecule has 1 aliphatic heterocycles. The summed E-state index contributed by atoms with van der Waals surface area (Å²) in [5.74, 6) is -0.0762. The van der Waals surface area contributed by atoms with E-state index >= 15 is 0 Å². The van der Waals surface area contributed by atoms with Crippen LogP contribution in [0.1, 0.15) is 50.5 Å². The van der Waals surface area contributed by atoms with Gasteiger partial charge in [0, 0.05) is 12.5 Å². The van der Waals surface area contributed by atoms with Gasteiger partial charge in [0.1, 0.15) is 5.60 Å². The lowest BCUT2D eigenvalue weighted by atomic mass is 10.1. The number of carbonyl (C=O) groups is 2. The first-order chi connectivity index (χ1) is 12.4. The molecule has 2 N–H and O–H groups in total. The molecule has 0 aromatic carbocycles. The average Bonchev–Trinajstić information content (AvgIpc) is 2.95. The standard InChI is InChI=1S/C17H25N2O7P/c1-12(20)13-6-5-7-18(9-13)14-8-15(11-25-27(22,23)24)19(10-14)16(21)26-17(2,3)4/h5-7,9,14-15H,8,10-11H2,1-4H3,(H-,22,23,24)/p+1/t14?,15-/m0/s1. The number of likely N-dealkylation sites (tertiary alicyclic amines) is 1. The molecule has 1 aromatic rings. The highest BCUT2D eigenvalue weighted by atomic mass is 31.2. The summed E-state index contributed by atoms with van der Waals surface area (Å²) in [5.41, 5.74) is -0.165. The van der Waals surface area contributed by atoms with Gasteiger partial charge in [0.25, 0.3) is 0 Å². The fourth-order valence-corrected chi connectivity index (χ4v) is 3.29. The van der Waals surface area contributed by atoms with E-state index in [1.54, 1.807) is 45.3 Å². The Bertz CT molecular complexity index is 756. The zero-order valence-corrected chi connectivity index (χ0v) is 16.8. The number of phosphoric acid groups is 1. The number of ether oxygens (including phenoxy) is 1. The van der Waals surface area contributed by atoms with Crippen molar-refractivity contribution in [3.63, 3.8) is 0 Å². The Labute approximate surface area is 158 Å². The van der Waals surface area contributed by atoms with E-state index < -0.39 is 25.6 Å². The van der Waals surface area contributed by atoms with E-state index in [1.165, 1.54) is 11.8 Å². The topological polar surface area (TPSA) is 117 Å². The Morgan fingerprint density at radius 2 is 2.04 bits per heavy atom. The lowest BCUT2D eigenvalue weighted by Gasteiger charge is -2.27. The minimum Gasteiger partial charge on any atom is -0.444 e. The van der Waals surface area contributed by atoms with Gasteiger partial charge in [0.05, 0.1) is 24.8 Å². The first-order valence-corrected chi connectivity index (χ1v) is 10.1. The van der Waals surface area contributed by atoms with E-state index in [0.717, 1.165) is 0 Å². The molecule has 0 radical (unpaired) electrons. The lowest BCUT2D eigenvalue weighted by Crippen LogP contribution is -2.44. The van der Waals surface area contributed by atoms with Crippen molar-refractivity contribution in [2.24, 2.45) is 0 Å². The van der Waals surface area contributed by atoms with Gasteiger partial charge >= 0.3 is 13.9 Å². The van der Waals surface area contributed by atoms with Crippen LogP contribution in [0.25, 0.3) is 0 Å². The van der Waals surface area contributed by atoms with Gasteiger partial charge in [0.15, 0.2) is 24.2 Å². The van der Waals surface area contributed by atoms with Gasteiger partial charge in [-0.05, 0) is 33.8 Å². The van der Waals surface area contributed by atoms with E-state index in [-0.39, 0.29) is 25.0 Å². The third kappa shape index (κ3) is 6.39. The van der Waals surface area contributed by atoms with Gasteiger partial charge in [-0.15, -0.1) is 0 Å². The fourth-order valence-electron chi connectivity index (χ4n) is 2.92. The molecule has 27 heavy (non-hydrogen) atoms. The maximum absolute atomic E-state index is 12.5. The van der Waals surface area contributed by atoms with Gasteiger partial charge < -0.3 is 14.5 Å². The zero-order chi connectivity index (χ0) is 20.4. The Hall–Kier alpha value is -1.80. The second-order valence-electron chi connectivity index (χ2n) is 7.56. The summed E-state index contributed by atoms with van der Waals surface area (Å²) in [5, 5.41) is 0. The maximum Gasteiger partial charge on any atom is 0.469 e. The summed E-state index contributed by atoms with van der Waals surface area (Å²) in [6.45, 7) is 6.65. The SMILES string of the molecule is CC(=O)c1ccc[n+](C2C[C@@H](COP(=O)(O)O)N(C(=O)OC(C)(C)C)C2)c1. The summed E-state index contributed by atoms with van der Waals surface area (Å²) in [7, 11) is -4.66. The molecule has 1 unspecified atom stereocenters. The van der Waals surface area contributed by atoms with Crippen LogP contribution in [0, 0.1) is 0 Å². The average molecular weight is 401 g/mol. The Kier molecular flexibility index (Phi) is 6.42. The molecule has 150 valence electrons. The fraction of sp³-hybridized carbons (Fsp3) is 0.588. The highest BCUT2D eigenvalue weighted by Crippen LogP contribution is 2.37. The number of Topliss-reactive ketones (excluding diaryl/α,β-unsaturated/α-hetero) is 1. The Morgan fingerprint density at radius 3 is 2.59 bits per heavy atom. The molecule has 0 spiro atoms. The first-order valence-electron chi connectivity index (χ1n) is 8.57. The van der Waals surface area contributed by atoms with Gasteiger partial charge in [-0.25, -0.2) is 9.36 Å². The van der Waals surface area contributed by atoms with Crippen LogP contribution < -0.4 is 4.57 Å². The van der Waals surface area contributed by atoms with Crippen molar-refractivity contribution in [2.75, 3.05) is 13.2 Å². The number of rotatable bonds is 5. The van der Waals surface area contributed by atoms with Crippen molar-refractivity contribution in [1.29, 1.82) is 0 Å². The van der Waals surface area contributed by atoms with Gasteiger partial charge in [0.2, 0.25) is 0 Å². The van der Waals surface area contributed by atoms with Crippen LogP contribution in [0.3, 0.4) is 0 Å². The predicted octanol–water partition coefficient (Wildman–Crippen LogP) is 1.84. The van der Waals surface area contributed by atoms with Crippen LogP contribution in [-0.2, 0) is 13.8 Å². The molecule has 1 aliphatic rings. The number of pyridine rings is 1. The maximum atomic E-state index is 12.5. The second kappa shape index (κ2) is 8.06. The number of hydrogen-bond acceptors (Lipinski definition) is 5. The summed E-state index contributed by atoms with van der Waals surface area (Å²) in [6, 6.07) is 2.70. The number of phosphoric ester groups is 1. The zero-order valence-electron chi connectivity index (χ0n) is 15.9. The quantitative estimate of drug-likeness (QED) is 0.439. The van der Waals surface area contributed by atoms with Crippen molar-refractivity contribution in [2.45, 2.75) is 51.8 Å². The molecule has 1 aromatic heterocycles. The summed E-state index contributed by atoms with van der Waals surface area (Å²) in [6.07, 6.45) is 3.32. The number of ketones is 1. The number of amides is 1. The van der Waals surface area contributed by atoms with E-state index in [4.69, 9.17) is 14.5 Å². The van der Waals surface area contributed by atoms with Crippen LogP contribution in [0.4, 0.5) is 4.79 Å². The molecule has 2 rings (SSSR count). The number of hydrogen-bond donors (Lipinski definition) is 2. The number of nitrogens with zero attached hydrogens (tertiary/aromatic N) is 2. The van der Waals surface area contributed by atoms with Crippen molar-refractivity contribution >= 4 is 19.7 Å². The van der Waals surface area contributed by atoms with Gasteiger partial charge in [-0.1, -0.05) is 0 Å². The van der Waals surface area contributed by atoms with Gasteiger partial charge in [-0.2, -0.15) is 4.57 Å². The molecule has 9 nitrogen and oxygen atoms in total. The third-order valence-corrected chi connectivity index (χ3v) is 4.59. The minimum atomic E-state index is -4.66. The van der Waals surface area contributed by atoms with E-state index in [2.05, 4.69) is 4.52 Å².